The number of Topliss-reactive ketones (excluding diaryl/α,β-unsaturated/α-hetero) is 1. The predicted molar refractivity (Wildman–Crippen MR) is 125 cm³/mol. The maximum absolute atomic E-state index is 13.9. The van der Waals surface area contributed by atoms with Crippen molar-refractivity contribution in [1.82, 2.24) is 9.97 Å². The number of hydrogen-bond donors (Lipinski definition) is 0. The van der Waals surface area contributed by atoms with E-state index in [0.717, 1.165) is 42.3 Å². The third-order valence-corrected chi connectivity index (χ3v) is 8.29. The Morgan fingerprint density at radius 1 is 1.06 bits per heavy atom. The van der Waals surface area contributed by atoms with Gasteiger partial charge in [0.05, 0.1) is 10.5 Å². The maximum Gasteiger partial charge on any atom is 0.144 e. The van der Waals surface area contributed by atoms with Crippen LogP contribution in [0.2, 0.25) is 5.02 Å². The Morgan fingerprint density at radius 2 is 1.81 bits per heavy atom. The molecule has 2 heterocycles. The quantitative estimate of drug-likeness (QED) is 0.430. The molecule has 2 aromatic heterocycles. The van der Waals surface area contributed by atoms with Gasteiger partial charge in [-0.2, -0.15) is 0 Å². The number of pyridine rings is 2. The van der Waals surface area contributed by atoms with Gasteiger partial charge in [-0.15, -0.1) is 0 Å². The third kappa shape index (κ3) is 3.94. The van der Waals surface area contributed by atoms with E-state index in [0.29, 0.717) is 35.1 Å². The van der Waals surface area contributed by atoms with Crippen LogP contribution in [0.15, 0.2) is 48.8 Å². The second-order valence-electron chi connectivity index (χ2n) is 10.2. The summed E-state index contributed by atoms with van der Waals surface area (Å²) in [7, 11) is 0. The van der Waals surface area contributed by atoms with E-state index in [-0.39, 0.29) is 17.0 Å². The Bertz CT molecular complexity index is 1150. The van der Waals surface area contributed by atoms with Crippen molar-refractivity contribution in [2.45, 2.75) is 51.9 Å². The van der Waals surface area contributed by atoms with Gasteiger partial charge in [0.25, 0.3) is 0 Å². The number of fused-ring (bicyclic) bond motifs is 2. The van der Waals surface area contributed by atoms with Crippen LogP contribution >= 0.6 is 11.6 Å². The predicted octanol–water partition coefficient (Wildman–Crippen LogP) is 6.78. The summed E-state index contributed by atoms with van der Waals surface area (Å²) in [5.74, 6) is 2.13. The van der Waals surface area contributed by atoms with Crippen LogP contribution in [0.3, 0.4) is 0 Å². The van der Waals surface area contributed by atoms with Crippen molar-refractivity contribution >= 4 is 28.3 Å². The number of ketones is 1. The molecule has 2 aliphatic carbocycles. The highest BCUT2D eigenvalue weighted by Gasteiger charge is 2.48. The molecule has 2 unspecified atom stereocenters. The van der Waals surface area contributed by atoms with Gasteiger partial charge >= 0.3 is 0 Å². The summed E-state index contributed by atoms with van der Waals surface area (Å²) in [6, 6.07) is 10.6. The lowest BCUT2D eigenvalue weighted by molar-refractivity contribution is -0.129. The minimum absolute atomic E-state index is 0.208. The zero-order valence-electron chi connectivity index (χ0n) is 18.5. The fraction of sp³-hybridized carbons (Fsp3) is 0.444. The van der Waals surface area contributed by atoms with Crippen LogP contribution in [-0.2, 0) is 11.2 Å². The van der Waals surface area contributed by atoms with Gasteiger partial charge in [-0.1, -0.05) is 25.4 Å². The van der Waals surface area contributed by atoms with Crippen LogP contribution in [0.5, 0.6) is 0 Å². The molecule has 32 heavy (non-hydrogen) atoms. The average molecular weight is 451 g/mol. The van der Waals surface area contributed by atoms with Crippen molar-refractivity contribution in [3.05, 3.63) is 70.9 Å². The zero-order chi connectivity index (χ0) is 22.5. The Morgan fingerprint density at radius 3 is 2.50 bits per heavy atom. The van der Waals surface area contributed by atoms with E-state index < -0.39 is 0 Å². The molecule has 0 spiro atoms. The molecule has 0 bridgehead atoms. The molecule has 0 radical (unpaired) electrons. The summed E-state index contributed by atoms with van der Waals surface area (Å²) in [6.45, 7) is 4.21. The molecule has 0 saturated heterocycles. The minimum atomic E-state index is -0.367. The molecule has 3 aromatic rings. The topological polar surface area (TPSA) is 42.9 Å². The highest BCUT2D eigenvalue weighted by molar-refractivity contribution is 6.30. The first-order valence-corrected chi connectivity index (χ1v) is 11.9. The largest absolute Gasteiger partial charge is 0.299 e. The lowest BCUT2D eigenvalue weighted by Crippen LogP contribution is -2.33. The first-order valence-electron chi connectivity index (χ1n) is 11.5. The van der Waals surface area contributed by atoms with Crippen LogP contribution < -0.4 is 0 Å². The molecule has 2 fully saturated rings. The molecular formula is C27H28ClFN2O. The SMILES string of the molecule is CC(C)(C(=O)Cc1ccc(Cl)cn1)C1C[C@H]2CC(c3ccnc4ccc(F)cc34)C[C@H]2C1. The molecule has 0 N–H and O–H groups in total. The van der Waals surface area contributed by atoms with E-state index in [4.69, 9.17) is 11.6 Å². The first kappa shape index (κ1) is 21.5. The van der Waals surface area contributed by atoms with Crippen molar-refractivity contribution in [2.24, 2.45) is 23.2 Å². The number of benzene rings is 1. The summed E-state index contributed by atoms with van der Waals surface area (Å²) in [5.41, 5.74) is 2.50. The number of carbonyl (C=O) groups is 1. The van der Waals surface area contributed by atoms with Crippen LogP contribution in [-0.4, -0.2) is 15.8 Å². The molecule has 2 saturated carbocycles. The van der Waals surface area contributed by atoms with E-state index in [1.54, 1.807) is 24.4 Å². The van der Waals surface area contributed by atoms with E-state index >= 15 is 0 Å². The number of halogens is 2. The van der Waals surface area contributed by atoms with E-state index in [1.807, 2.05) is 12.3 Å². The lowest BCUT2D eigenvalue weighted by Gasteiger charge is -2.31. The summed E-state index contributed by atoms with van der Waals surface area (Å²) < 4.78 is 13.9. The number of aromatic nitrogens is 2. The van der Waals surface area contributed by atoms with Gasteiger partial charge in [0.15, 0.2) is 0 Å². The van der Waals surface area contributed by atoms with Crippen molar-refractivity contribution in [2.75, 3.05) is 0 Å². The van der Waals surface area contributed by atoms with Crippen molar-refractivity contribution in [1.29, 1.82) is 0 Å². The number of nitrogens with zero attached hydrogens (tertiary/aromatic N) is 2. The fourth-order valence-electron chi connectivity index (χ4n) is 6.09. The summed E-state index contributed by atoms with van der Waals surface area (Å²) in [5, 5.41) is 1.53. The standard InChI is InChI=1S/C27H28ClFN2O/c1-27(2,26(32)14-22-5-3-20(28)15-31-22)19-11-16-9-18(10-17(16)12-19)23-7-8-30-25-6-4-21(29)13-24(23)25/h3-8,13,15-19H,9-12,14H2,1-2H3/t16-,17+,18?,19?. The fourth-order valence-corrected chi connectivity index (χ4v) is 6.20. The average Bonchev–Trinajstić information content (AvgIpc) is 3.34. The molecule has 4 atom stereocenters. The maximum atomic E-state index is 13.9. The summed E-state index contributed by atoms with van der Waals surface area (Å²) in [4.78, 5) is 21.9. The molecule has 166 valence electrons. The Labute approximate surface area is 193 Å². The molecule has 5 heteroatoms. The second-order valence-corrected chi connectivity index (χ2v) is 10.6. The molecule has 0 amide bonds. The van der Waals surface area contributed by atoms with Gasteiger partial charge in [0, 0.05) is 35.3 Å². The molecule has 0 aliphatic heterocycles. The smallest absolute Gasteiger partial charge is 0.144 e. The van der Waals surface area contributed by atoms with Crippen LogP contribution in [0.25, 0.3) is 10.9 Å². The molecule has 1 aromatic carbocycles. The van der Waals surface area contributed by atoms with E-state index in [1.165, 1.54) is 11.6 Å². The van der Waals surface area contributed by atoms with E-state index in [2.05, 4.69) is 29.9 Å². The number of rotatable bonds is 5. The van der Waals surface area contributed by atoms with Gasteiger partial charge < -0.3 is 0 Å². The summed E-state index contributed by atoms with van der Waals surface area (Å²) >= 11 is 5.92. The third-order valence-electron chi connectivity index (χ3n) is 8.06. The van der Waals surface area contributed by atoms with Gasteiger partial charge in [0.2, 0.25) is 0 Å². The molecule has 3 nitrogen and oxygen atoms in total. The highest BCUT2D eigenvalue weighted by atomic mass is 35.5. The van der Waals surface area contributed by atoms with Gasteiger partial charge in [-0.25, -0.2) is 4.39 Å². The van der Waals surface area contributed by atoms with Crippen LogP contribution in [0, 0.1) is 29.0 Å². The number of carbonyl (C=O) groups excluding carboxylic acids is 1. The first-order chi connectivity index (χ1) is 15.3. The van der Waals surface area contributed by atoms with E-state index in [9.17, 15) is 9.18 Å². The van der Waals surface area contributed by atoms with Crippen molar-refractivity contribution in [3.8, 4) is 0 Å². The molecule has 5 rings (SSSR count). The Hall–Kier alpha value is -2.33. The monoisotopic (exact) mass is 450 g/mol. The van der Waals surface area contributed by atoms with Crippen molar-refractivity contribution < 1.29 is 9.18 Å². The van der Waals surface area contributed by atoms with Gasteiger partial charge in [-0.3, -0.25) is 14.8 Å². The Balaban J connectivity index is 1.28. The number of hydrogen-bond acceptors (Lipinski definition) is 3. The zero-order valence-corrected chi connectivity index (χ0v) is 19.3. The van der Waals surface area contributed by atoms with Crippen LogP contribution in [0.4, 0.5) is 4.39 Å². The minimum Gasteiger partial charge on any atom is -0.299 e. The van der Waals surface area contributed by atoms with Crippen LogP contribution in [0.1, 0.15) is 56.7 Å². The molecule has 2 aliphatic rings. The Kier molecular flexibility index (Phi) is 5.53. The second kappa shape index (κ2) is 8.22. The highest BCUT2D eigenvalue weighted by Crippen LogP contribution is 2.56. The lowest BCUT2D eigenvalue weighted by atomic mass is 9.72. The molecular weight excluding hydrogens is 423 g/mol. The summed E-state index contributed by atoms with van der Waals surface area (Å²) in [6.07, 6.45) is 8.20. The van der Waals surface area contributed by atoms with Gasteiger partial charge in [0.1, 0.15) is 11.6 Å². The van der Waals surface area contributed by atoms with Gasteiger partial charge in [-0.05, 0) is 91.3 Å². The van der Waals surface area contributed by atoms with Crippen molar-refractivity contribution in [3.63, 3.8) is 0 Å². The normalized spacial score (nSPS) is 25.2.